The Morgan fingerprint density at radius 1 is 0.278 bits per heavy atom. The molecule has 0 atom stereocenters. The second-order valence-corrected chi connectivity index (χ2v) is 13.8. The van der Waals surface area contributed by atoms with Gasteiger partial charge in [-0.15, -0.1) is 0 Å². The second kappa shape index (κ2) is 13.4. The summed E-state index contributed by atoms with van der Waals surface area (Å²) in [4.78, 5) is 2.32. The summed E-state index contributed by atoms with van der Waals surface area (Å²) in [5.41, 5.74) is 14.5. The lowest BCUT2D eigenvalue weighted by Crippen LogP contribution is -2.10. The van der Waals surface area contributed by atoms with Crippen LogP contribution in [0, 0.1) is 0 Å². The van der Waals surface area contributed by atoms with Gasteiger partial charge in [0.1, 0.15) is 11.2 Å². The highest BCUT2D eigenvalue weighted by Crippen LogP contribution is 2.41. The smallest absolute Gasteiger partial charge is 0.137 e. The number of hydrogen-bond donors (Lipinski definition) is 0. The van der Waals surface area contributed by atoms with E-state index in [1.807, 2.05) is 12.1 Å². The first kappa shape index (κ1) is 31.6. The van der Waals surface area contributed by atoms with Crippen molar-refractivity contribution in [2.45, 2.75) is 0 Å². The number of furan rings is 1. The largest absolute Gasteiger partial charge is 0.456 e. The van der Waals surface area contributed by atoms with Gasteiger partial charge < -0.3 is 9.32 Å². The van der Waals surface area contributed by atoms with Crippen molar-refractivity contribution < 1.29 is 4.42 Å². The van der Waals surface area contributed by atoms with Gasteiger partial charge in [0.25, 0.3) is 0 Å². The Kier molecular flexibility index (Phi) is 7.85. The maximum absolute atomic E-state index is 6.36. The van der Waals surface area contributed by atoms with Gasteiger partial charge in [-0.2, -0.15) is 0 Å². The third kappa shape index (κ3) is 5.81. The number of anilines is 3. The van der Waals surface area contributed by atoms with Crippen molar-refractivity contribution in [1.82, 2.24) is 0 Å². The molecule has 10 rings (SSSR count). The molecule has 2 heteroatoms. The van der Waals surface area contributed by atoms with Crippen LogP contribution in [0.15, 0.2) is 217 Å². The number of para-hydroxylation sites is 1. The van der Waals surface area contributed by atoms with E-state index in [1.165, 1.54) is 49.7 Å². The molecule has 1 aromatic heterocycles. The standard InChI is InChI=1S/C52H35NO/c1-2-11-36(12-3-1)37-27-29-44(30-28-37)53(46-31-32-50-49-20-6-7-22-51(49)54-52(50)35-46)45-18-9-17-43(34-45)42-16-8-15-41(33-42)38-23-25-40(26-24-38)48-21-10-14-39-13-4-5-19-47(39)48/h1-35H. The van der Waals surface area contributed by atoms with Crippen molar-refractivity contribution in [2.24, 2.45) is 0 Å². The molecule has 54 heavy (non-hydrogen) atoms. The van der Waals surface area contributed by atoms with Crippen LogP contribution in [0.3, 0.4) is 0 Å². The van der Waals surface area contributed by atoms with Gasteiger partial charge in [-0.05, 0) is 104 Å². The molecular weight excluding hydrogens is 655 g/mol. The van der Waals surface area contributed by atoms with Crippen molar-refractivity contribution in [2.75, 3.05) is 4.90 Å². The summed E-state index contributed by atoms with van der Waals surface area (Å²) in [5, 5.41) is 4.77. The average molecular weight is 690 g/mol. The lowest BCUT2D eigenvalue weighted by atomic mass is 9.95. The monoisotopic (exact) mass is 689 g/mol. The van der Waals surface area contributed by atoms with Gasteiger partial charge in [0.05, 0.1) is 0 Å². The lowest BCUT2D eigenvalue weighted by molar-refractivity contribution is 0.669. The molecule has 0 aliphatic rings. The van der Waals surface area contributed by atoms with Crippen LogP contribution in [0.4, 0.5) is 17.1 Å². The molecule has 10 aromatic rings. The van der Waals surface area contributed by atoms with E-state index in [0.717, 1.165) is 44.6 Å². The fourth-order valence-electron chi connectivity index (χ4n) is 7.76. The minimum Gasteiger partial charge on any atom is -0.456 e. The van der Waals surface area contributed by atoms with Crippen molar-refractivity contribution in [3.05, 3.63) is 212 Å². The van der Waals surface area contributed by atoms with Gasteiger partial charge in [-0.1, -0.05) is 158 Å². The predicted octanol–water partition coefficient (Wildman–Crippen LogP) is 14.9. The second-order valence-electron chi connectivity index (χ2n) is 13.8. The number of nitrogens with zero attached hydrogens (tertiary/aromatic N) is 1. The summed E-state index contributed by atoms with van der Waals surface area (Å²) >= 11 is 0. The summed E-state index contributed by atoms with van der Waals surface area (Å²) in [5.74, 6) is 0. The Morgan fingerprint density at radius 3 is 1.63 bits per heavy atom. The van der Waals surface area contributed by atoms with Gasteiger partial charge >= 0.3 is 0 Å². The number of hydrogen-bond acceptors (Lipinski definition) is 2. The Balaban J connectivity index is 1.02. The van der Waals surface area contributed by atoms with Crippen molar-refractivity contribution in [3.8, 4) is 44.5 Å². The van der Waals surface area contributed by atoms with Crippen molar-refractivity contribution >= 4 is 49.8 Å². The van der Waals surface area contributed by atoms with Crippen molar-refractivity contribution in [3.63, 3.8) is 0 Å². The molecule has 9 aromatic carbocycles. The van der Waals surface area contributed by atoms with E-state index in [9.17, 15) is 0 Å². The normalized spacial score (nSPS) is 11.3. The molecule has 0 aliphatic heterocycles. The van der Waals surface area contributed by atoms with Gasteiger partial charge in [-0.3, -0.25) is 0 Å². The van der Waals surface area contributed by atoms with E-state index in [4.69, 9.17) is 4.42 Å². The Hall–Kier alpha value is -7.16. The lowest BCUT2D eigenvalue weighted by Gasteiger charge is -2.26. The fraction of sp³-hybridized carbons (Fsp3) is 0. The van der Waals surface area contributed by atoms with Crippen LogP contribution in [0.1, 0.15) is 0 Å². The summed E-state index contributed by atoms with van der Waals surface area (Å²) in [7, 11) is 0. The minimum absolute atomic E-state index is 0.870. The summed E-state index contributed by atoms with van der Waals surface area (Å²) in [6.07, 6.45) is 0. The SMILES string of the molecule is c1ccc(-c2ccc(N(c3cccc(-c4cccc(-c5ccc(-c6cccc7ccccc67)cc5)c4)c3)c3ccc4c(c3)oc3ccccc34)cc2)cc1. The molecule has 2 nitrogen and oxygen atoms in total. The van der Waals surface area contributed by atoms with Gasteiger partial charge in [0.2, 0.25) is 0 Å². The van der Waals surface area contributed by atoms with Crippen LogP contribution < -0.4 is 4.90 Å². The molecule has 0 radical (unpaired) electrons. The Bertz CT molecular complexity index is 2920. The third-order valence-electron chi connectivity index (χ3n) is 10.5. The highest BCUT2D eigenvalue weighted by Gasteiger charge is 2.17. The summed E-state index contributed by atoms with van der Waals surface area (Å²) in [6, 6.07) is 75.9. The molecule has 254 valence electrons. The molecule has 0 aliphatic carbocycles. The molecule has 0 N–H and O–H groups in total. The first-order valence-corrected chi connectivity index (χ1v) is 18.4. The molecule has 0 amide bonds. The number of benzene rings is 9. The molecule has 0 unspecified atom stereocenters. The molecule has 1 heterocycles. The Morgan fingerprint density at radius 2 is 0.796 bits per heavy atom. The van der Waals surface area contributed by atoms with Gasteiger partial charge in [0, 0.05) is 33.9 Å². The quantitative estimate of drug-likeness (QED) is 0.166. The van der Waals surface area contributed by atoms with Gasteiger partial charge in [-0.25, -0.2) is 0 Å². The highest BCUT2D eigenvalue weighted by molar-refractivity contribution is 6.06. The summed E-state index contributed by atoms with van der Waals surface area (Å²) in [6.45, 7) is 0. The van der Waals surface area contributed by atoms with E-state index in [0.29, 0.717) is 0 Å². The number of rotatable bonds is 7. The highest BCUT2D eigenvalue weighted by atomic mass is 16.3. The van der Waals surface area contributed by atoms with E-state index in [1.54, 1.807) is 0 Å². The van der Waals surface area contributed by atoms with E-state index >= 15 is 0 Å². The molecule has 0 bridgehead atoms. The first-order valence-electron chi connectivity index (χ1n) is 18.4. The zero-order valence-electron chi connectivity index (χ0n) is 29.6. The summed E-state index contributed by atoms with van der Waals surface area (Å²) < 4.78 is 6.36. The molecule has 0 fully saturated rings. The minimum atomic E-state index is 0.870. The van der Waals surface area contributed by atoms with Crippen LogP contribution in [-0.2, 0) is 0 Å². The molecule has 0 spiro atoms. The zero-order valence-corrected chi connectivity index (χ0v) is 29.6. The molecular formula is C52H35NO. The van der Waals surface area contributed by atoms with Crippen LogP contribution >= 0.6 is 0 Å². The fourth-order valence-corrected chi connectivity index (χ4v) is 7.76. The predicted molar refractivity (Wildman–Crippen MR) is 228 cm³/mol. The molecule has 0 saturated carbocycles. The molecule has 0 saturated heterocycles. The maximum atomic E-state index is 6.36. The third-order valence-corrected chi connectivity index (χ3v) is 10.5. The maximum Gasteiger partial charge on any atom is 0.137 e. The van der Waals surface area contributed by atoms with E-state index < -0.39 is 0 Å². The van der Waals surface area contributed by atoms with E-state index in [-0.39, 0.29) is 0 Å². The van der Waals surface area contributed by atoms with Crippen LogP contribution in [0.5, 0.6) is 0 Å². The van der Waals surface area contributed by atoms with Crippen LogP contribution in [0.2, 0.25) is 0 Å². The van der Waals surface area contributed by atoms with E-state index in [2.05, 4.69) is 205 Å². The average Bonchev–Trinajstić information content (AvgIpc) is 3.62. The topological polar surface area (TPSA) is 16.4 Å². The van der Waals surface area contributed by atoms with Crippen LogP contribution in [0.25, 0.3) is 77.2 Å². The first-order chi connectivity index (χ1) is 26.7. The van der Waals surface area contributed by atoms with Crippen LogP contribution in [-0.4, -0.2) is 0 Å². The van der Waals surface area contributed by atoms with Crippen molar-refractivity contribution in [1.29, 1.82) is 0 Å². The zero-order chi connectivity index (χ0) is 35.8. The van der Waals surface area contributed by atoms with Gasteiger partial charge in [0.15, 0.2) is 0 Å². The number of fused-ring (bicyclic) bond motifs is 4. The Labute approximate surface area is 314 Å².